The summed E-state index contributed by atoms with van der Waals surface area (Å²) in [6, 6.07) is 16.9. The quantitative estimate of drug-likeness (QED) is 0.208. The highest BCUT2D eigenvalue weighted by atomic mass is 32.2. The van der Waals surface area contributed by atoms with Crippen molar-refractivity contribution in [2.24, 2.45) is 11.8 Å². The van der Waals surface area contributed by atoms with Crippen molar-refractivity contribution in [3.8, 4) is 22.8 Å². The van der Waals surface area contributed by atoms with Crippen LogP contribution in [0.5, 0.6) is 11.5 Å². The van der Waals surface area contributed by atoms with E-state index >= 15 is 0 Å². The standard InChI is InChI=1S/C33H32N2O7S2/c1-40-27-11-9-22(16-28(27)41-18-30(36)34-24(32(38)39)14-19-5-3-2-4-6-19)26-12-10-23(42-26)17-29-31(37)35(33(43)44-29)25-15-20-7-8-21(25)13-20/h2-6,9-12,16-17,20-21,24-25H,7-8,13-15,18H2,1H3,(H,34,36)(H,38,39)/t20?,21?,24-,25?/m0/s1. The Hall–Kier alpha value is -4.09. The Kier molecular flexibility index (Phi) is 8.76. The molecular weight excluding hydrogens is 601 g/mol. The van der Waals surface area contributed by atoms with E-state index < -0.39 is 24.5 Å². The number of carbonyl (C=O) groups excluding carboxylic acids is 2. The molecule has 2 amide bonds. The fraction of sp³-hybridized carbons (Fsp3) is 0.333. The second kappa shape index (κ2) is 12.9. The highest BCUT2D eigenvalue weighted by molar-refractivity contribution is 8.26. The summed E-state index contributed by atoms with van der Waals surface area (Å²) < 4.78 is 17.8. The number of carboxylic acid groups (broad SMARTS) is 1. The Morgan fingerprint density at radius 2 is 1.95 bits per heavy atom. The van der Waals surface area contributed by atoms with E-state index in [-0.39, 0.29) is 18.4 Å². The molecule has 1 saturated heterocycles. The molecule has 1 aromatic heterocycles. The zero-order valence-electron chi connectivity index (χ0n) is 24.1. The minimum atomic E-state index is -1.14. The molecule has 0 radical (unpaired) electrons. The molecule has 0 spiro atoms. The molecule has 2 saturated carbocycles. The molecule has 2 bridgehead atoms. The van der Waals surface area contributed by atoms with Gasteiger partial charge >= 0.3 is 5.97 Å². The number of hydrogen-bond donors (Lipinski definition) is 2. The molecule has 3 aromatic rings. The zero-order valence-corrected chi connectivity index (χ0v) is 25.7. The molecule has 2 heterocycles. The predicted octanol–water partition coefficient (Wildman–Crippen LogP) is 5.54. The van der Waals surface area contributed by atoms with Gasteiger partial charge in [-0.25, -0.2) is 4.79 Å². The molecule has 3 fully saturated rings. The van der Waals surface area contributed by atoms with Gasteiger partial charge < -0.3 is 24.3 Å². The fourth-order valence-corrected chi connectivity index (χ4v) is 7.73. The van der Waals surface area contributed by atoms with Crippen LogP contribution in [0.15, 0.2) is 70.0 Å². The van der Waals surface area contributed by atoms with E-state index in [1.165, 1.54) is 38.1 Å². The topological polar surface area (TPSA) is 118 Å². The van der Waals surface area contributed by atoms with Crippen molar-refractivity contribution >= 4 is 52.2 Å². The predicted molar refractivity (Wildman–Crippen MR) is 170 cm³/mol. The number of aliphatic carboxylic acids is 1. The summed E-state index contributed by atoms with van der Waals surface area (Å²) in [6.45, 7) is -0.410. The molecule has 3 aliphatic rings. The lowest BCUT2D eigenvalue weighted by Crippen LogP contribution is -2.44. The van der Waals surface area contributed by atoms with Gasteiger partial charge in [0.05, 0.1) is 12.0 Å². The number of furan rings is 1. The second-order valence-corrected chi connectivity index (χ2v) is 13.0. The minimum absolute atomic E-state index is 0.0529. The summed E-state index contributed by atoms with van der Waals surface area (Å²) >= 11 is 6.92. The second-order valence-electron chi connectivity index (χ2n) is 11.3. The molecule has 3 unspecified atom stereocenters. The average molecular weight is 633 g/mol. The number of nitrogens with zero attached hydrogens (tertiary/aromatic N) is 1. The summed E-state index contributed by atoms with van der Waals surface area (Å²) in [6.07, 6.45) is 6.53. The van der Waals surface area contributed by atoms with Gasteiger partial charge in [-0.1, -0.05) is 60.7 Å². The molecule has 9 nitrogen and oxygen atoms in total. The van der Waals surface area contributed by atoms with Crippen LogP contribution in [0.2, 0.25) is 0 Å². The number of methoxy groups -OCH3 is 1. The zero-order chi connectivity index (χ0) is 30.8. The van der Waals surface area contributed by atoms with Crippen molar-refractivity contribution < 1.29 is 33.4 Å². The van der Waals surface area contributed by atoms with Crippen molar-refractivity contribution in [2.45, 2.75) is 44.2 Å². The number of benzene rings is 2. The van der Waals surface area contributed by atoms with Gasteiger partial charge in [0.15, 0.2) is 18.1 Å². The molecule has 4 atom stereocenters. The highest BCUT2D eigenvalue weighted by Gasteiger charge is 2.48. The third-order valence-electron chi connectivity index (χ3n) is 8.48. The number of nitrogens with one attached hydrogen (secondary N) is 1. The van der Waals surface area contributed by atoms with Crippen molar-refractivity contribution in [3.05, 3.63) is 76.9 Å². The lowest BCUT2D eigenvalue weighted by Gasteiger charge is -2.30. The highest BCUT2D eigenvalue weighted by Crippen LogP contribution is 2.49. The molecule has 44 heavy (non-hydrogen) atoms. The average Bonchev–Trinajstić information content (AvgIpc) is 3.82. The SMILES string of the molecule is COc1ccc(-c2ccc(C=C3SC(=S)N(C4CC5CCC4C5)C3=O)o2)cc1OCC(=O)N[C@@H](Cc1ccccc1)C(=O)O. The van der Waals surface area contributed by atoms with Crippen molar-refractivity contribution in [1.82, 2.24) is 10.2 Å². The van der Waals surface area contributed by atoms with Crippen LogP contribution in [-0.2, 0) is 20.8 Å². The number of thioether (sulfide) groups is 1. The van der Waals surface area contributed by atoms with E-state index in [4.69, 9.17) is 26.1 Å². The first-order valence-electron chi connectivity index (χ1n) is 14.5. The van der Waals surface area contributed by atoms with Crippen molar-refractivity contribution in [1.29, 1.82) is 0 Å². The summed E-state index contributed by atoms with van der Waals surface area (Å²) in [7, 11) is 1.49. The maximum Gasteiger partial charge on any atom is 0.326 e. The lowest BCUT2D eigenvalue weighted by atomic mass is 9.94. The third-order valence-corrected chi connectivity index (χ3v) is 9.81. The normalized spacial score (nSPS) is 22.4. The largest absolute Gasteiger partial charge is 0.493 e. The Bertz CT molecular complexity index is 1620. The van der Waals surface area contributed by atoms with Crippen LogP contribution in [-0.4, -0.2) is 57.9 Å². The van der Waals surface area contributed by atoms with Gasteiger partial charge in [-0.2, -0.15) is 0 Å². The van der Waals surface area contributed by atoms with Crippen LogP contribution in [0.4, 0.5) is 0 Å². The number of carbonyl (C=O) groups is 3. The summed E-state index contributed by atoms with van der Waals surface area (Å²) in [5.74, 6) is 1.23. The monoisotopic (exact) mass is 632 g/mol. The van der Waals surface area contributed by atoms with Gasteiger partial charge in [0, 0.05) is 24.1 Å². The molecule has 228 valence electrons. The Labute approximate surface area is 264 Å². The first-order chi connectivity index (χ1) is 21.3. The summed E-state index contributed by atoms with van der Waals surface area (Å²) in [4.78, 5) is 40.1. The number of carboxylic acids is 1. The number of amides is 2. The minimum Gasteiger partial charge on any atom is -0.493 e. The van der Waals surface area contributed by atoms with Crippen molar-refractivity contribution in [3.63, 3.8) is 0 Å². The molecule has 2 aromatic carbocycles. The van der Waals surface area contributed by atoms with Gasteiger partial charge in [0.25, 0.3) is 11.8 Å². The van der Waals surface area contributed by atoms with Gasteiger partial charge in [0.1, 0.15) is 21.9 Å². The number of fused-ring (bicyclic) bond motifs is 2. The number of ether oxygens (including phenoxy) is 2. The van der Waals surface area contributed by atoms with Gasteiger partial charge in [-0.05, 0) is 67.0 Å². The van der Waals surface area contributed by atoms with Crippen LogP contribution >= 0.6 is 24.0 Å². The maximum absolute atomic E-state index is 13.3. The van der Waals surface area contributed by atoms with Crippen LogP contribution in [0, 0.1) is 11.8 Å². The van der Waals surface area contributed by atoms with Crippen LogP contribution in [0.3, 0.4) is 0 Å². The Morgan fingerprint density at radius 3 is 2.66 bits per heavy atom. The Balaban J connectivity index is 1.11. The van der Waals surface area contributed by atoms with E-state index in [0.717, 1.165) is 12.0 Å². The van der Waals surface area contributed by atoms with Gasteiger partial charge in [0.2, 0.25) is 0 Å². The van der Waals surface area contributed by atoms with Crippen molar-refractivity contribution in [2.75, 3.05) is 13.7 Å². The van der Waals surface area contributed by atoms with Crippen LogP contribution in [0.1, 0.15) is 37.0 Å². The third kappa shape index (κ3) is 6.39. The Morgan fingerprint density at radius 1 is 1.14 bits per heavy atom. The van der Waals surface area contributed by atoms with Crippen LogP contribution in [0.25, 0.3) is 17.4 Å². The van der Waals surface area contributed by atoms with E-state index in [2.05, 4.69) is 5.32 Å². The van der Waals surface area contributed by atoms with E-state index in [1.54, 1.807) is 48.5 Å². The first-order valence-corrected chi connectivity index (χ1v) is 15.8. The molecule has 6 rings (SSSR count). The molecular formula is C33H32N2O7S2. The number of thiocarbonyl (C=S) groups is 1. The van der Waals surface area contributed by atoms with Crippen LogP contribution < -0.4 is 14.8 Å². The smallest absolute Gasteiger partial charge is 0.326 e. The summed E-state index contributed by atoms with van der Waals surface area (Å²) in [5.41, 5.74) is 1.46. The molecule has 2 N–H and O–H groups in total. The van der Waals surface area contributed by atoms with Gasteiger partial charge in [-0.15, -0.1) is 0 Å². The first kappa shape index (κ1) is 30.0. The summed E-state index contributed by atoms with van der Waals surface area (Å²) in [5, 5.41) is 12.1. The lowest BCUT2D eigenvalue weighted by molar-refractivity contribution is -0.142. The van der Waals surface area contributed by atoms with E-state index in [0.29, 0.717) is 49.6 Å². The molecule has 1 aliphatic heterocycles. The number of hydrogen-bond acceptors (Lipinski definition) is 8. The van der Waals surface area contributed by atoms with E-state index in [9.17, 15) is 19.5 Å². The van der Waals surface area contributed by atoms with E-state index in [1.807, 2.05) is 23.1 Å². The molecule has 11 heteroatoms. The number of rotatable bonds is 11. The molecule has 2 aliphatic carbocycles. The maximum atomic E-state index is 13.3. The fourth-order valence-electron chi connectivity index (χ4n) is 6.38. The van der Waals surface area contributed by atoms with Gasteiger partial charge in [-0.3, -0.25) is 14.5 Å².